The first kappa shape index (κ1) is 9.77. The van der Waals surface area contributed by atoms with Gasteiger partial charge in [0.05, 0.1) is 19.4 Å². The lowest BCUT2D eigenvalue weighted by Crippen LogP contribution is -2.12. The van der Waals surface area contributed by atoms with Crippen LogP contribution in [0, 0.1) is 11.8 Å². The van der Waals surface area contributed by atoms with E-state index in [1.807, 2.05) is 0 Å². The Kier molecular flexibility index (Phi) is 3.06. The average Bonchev–Trinajstić information content (AvgIpc) is 2.52. The van der Waals surface area contributed by atoms with Gasteiger partial charge in [0.2, 0.25) is 0 Å². The highest BCUT2D eigenvalue weighted by Gasteiger charge is 2.25. The molecule has 4 heteroatoms. The van der Waals surface area contributed by atoms with E-state index in [-0.39, 0.29) is 18.3 Å². The number of carboxylic acid groups (broad SMARTS) is 1. The zero-order chi connectivity index (χ0) is 9.84. The SMILES string of the molecule is COC(=O)C[C@H]1C=C[C@@H](C(=O)O)C1. The van der Waals surface area contributed by atoms with Crippen molar-refractivity contribution in [1.82, 2.24) is 0 Å². The standard InChI is InChI=1S/C9H12O4/c1-13-8(10)5-6-2-3-7(4-6)9(11)12/h2-3,6-7H,4-5H2,1H3,(H,11,12)/t6-,7+/m0/s1. The zero-order valence-electron chi connectivity index (χ0n) is 7.40. The largest absolute Gasteiger partial charge is 0.481 e. The molecule has 0 fully saturated rings. The van der Waals surface area contributed by atoms with Crippen molar-refractivity contribution in [2.24, 2.45) is 11.8 Å². The fraction of sp³-hybridized carbons (Fsp3) is 0.556. The van der Waals surface area contributed by atoms with Crippen LogP contribution in [0.1, 0.15) is 12.8 Å². The zero-order valence-corrected chi connectivity index (χ0v) is 7.40. The molecule has 0 aliphatic heterocycles. The van der Waals surface area contributed by atoms with Crippen molar-refractivity contribution in [3.05, 3.63) is 12.2 Å². The van der Waals surface area contributed by atoms with E-state index < -0.39 is 11.9 Å². The van der Waals surface area contributed by atoms with E-state index in [0.29, 0.717) is 6.42 Å². The van der Waals surface area contributed by atoms with Gasteiger partial charge in [0.25, 0.3) is 0 Å². The second kappa shape index (κ2) is 4.07. The highest BCUT2D eigenvalue weighted by Crippen LogP contribution is 2.26. The van der Waals surface area contributed by atoms with Gasteiger partial charge in [0.15, 0.2) is 0 Å². The Morgan fingerprint density at radius 2 is 2.23 bits per heavy atom. The van der Waals surface area contributed by atoms with Crippen LogP contribution in [0.3, 0.4) is 0 Å². The van der Waals surface area contributed by atoms with Crippen LogP contribution in [0.4, 0.5) is 0 Å². The number of aliphatic carboxylic acids is 1. The molecular weight excluding hydrogens is 172 g/mol. The molecule has 0 heterocycles. The van der Waals surface area contributed by atoms with Gasteiger partial charge < -0.3 is 9.84 Å². The molecular formula is C9H12O4. The number of ether oxygens (including phenoxy) is 1. The first-order chi connectivity index (χ1) is 6.13. The summed E-state index contributed by atoms with van der Waals surface area (Å²) in [5.41, 5.74) is 0. The Labute approximate surface area is 76.2 Å². The molecule has 4 nitrogen and oxygen atoms in total. The maximum atomic E-state index is 10.8. The molecule has 0 bridgehead atoms. The summed E-state index contributed by atoms with van der Waals surface area (Å²) in [7, 11) is 1.33. The molecule has 0 saturated carbocycles. The van der Waals surface area contributed by atoms with E-state index in [0.717, 1.165) is 0 Å². The van der Waals surface area contributed by atoms with Crippen LogP contribution in [0.25, 0.3) is 0 Å². The van der Waals surface area contributed by atoms with Crippen LogP contribution in [0.5, 0.6) is 0 Å². The van der Waals surface area contributed by atoms with Gasteiger partial charge in [-0.3, -0.25) is 9.59 Å². The molecule has 1 aliphatic rings. The molecule has 0 spiro atoms. The third-order valence-electron chi connectivity index (χ3n) is 2.15. The maximum Gasteiger partial charge on any atom is 0.310 e. The van der Waals surface area contributed by atoms with E-state index in [2.05, 4.69) is 4.74 Å². The van der Waals surface area contributed by atoms with E-state index in [1.165, 1.54) is 7.11 Å². The van der Waals surface area contributed by atoms with Gasteiger partial charge in [0.1, 0.15) is 0 Å². The van der Waals surface area contributed by atoms with E-state index in [9.17, 15) is 9.59 Å². The van der Waals surface area contributed by atoms with Gasteiger partial charge in [0, 0.05) is 0 Å². The van der Waals surface area contributed by atoms with Crippen molar-refractivity contribution in [2.45, 2.75) is 12.8 Å². The van der Waals surface area contributed by atoms with Crippen LogP contribution in [0.15, 0.2) is 12.2 Å². The minimum Gasteiger partial charge on any atom is -0.481 e. The molecule has 0 amide bonds. The number of carbonyl (C=O) groups is 2. The number of carboxylic acids is 1. The molecule has 1 aliphatic carbocycles. The second-order valence-electron chi connectivity index (χ2n) is 3.11. The van der Waals surface area contributed by atoms with Gasteiger partial charge in [-0.15, -0.1) is 0 Å². The number of esters is 1. The van der Waals surface area contributed by atoms with Crippen LogP contribution >= 0.6 is 0 Å². The fourth-order valence-electron chi connectivity index (χ4n) is 1.41. The van der Waals surface area contributed by atoms with Crippen molar-refractivity contribution < 1.29 is 19.4 Å². The highest BCUT2D eigenvalue weighted by molar-refractivity contribution is 5.74. The van der Waals surface area contributed by atoms with Gasteiger partial charge in [-0.2, -0.15) is 0 Å². The highest BCUT2D eigenvalue weighted by atomic mass is 16.5. The van der Waals surface area contributed by atoms with Gasteiger partial charge >= 0.3 is 11.9 Å². The molecule has 0 aromatic heterocycles. The lowest BCUT2D eigenvalue weighted by Gasteiger charge is -2.06. The fourth-order valence-corrected chi connectivity index (χ4v) is 1.41. The van der Waals surface area contributed by atoms with Crippen LogP contribution in [-0.2, 0) is 14.3 Å². The summed E-state index contributed by atoms with van der Waals surface area (Å²) >= 11 is 0. The summed E-state index contributed by atoms with van der Waals surface area (Å²) in [4.78, 5) is 21.4. The van der Waals surface area contributed by atoms with Crippen molar-refractivity contribution >= 4 is 11.9 Å². The van der Waals surface area contributed by atoms with E-state index in [1.54, 1.807) is 12.2 Å². The predicted molar refractivity (Wildman–Crippen MR) is 45.0 cm³/mol. The minimum absolute atomic E-state index is 0.0218. The molecule has 0 radical (unpaired) electrons. The third kappa shape index (κ3) is 2.57. The molecule has 1 rings (SSSR count). The number of methoxy groups -OCH3 is 1. The summed E-state index contributed by atoms with van der Waals surface area (Å²) in [6.45, 7) is 0. The van der Waals surface area contributed by atoms with E-state index >= 15 is 0 Å². The number of rotatable bonds is 3. The lowest BCUT2D eigenvalue weighted by molar-refractivity contribution is -0.143. The summed E-state index contributed by atoms with van der Waals surface area (Å²) in [6, 6.07) is 0. The second-order valence-corrected chi connectivity index (χ2v) is 3.11. The quantitative estimate of drug-likeness (QED) is 0.521. The molecule has 0 aromatic rings. The Hall–Kier alpha value is -1.32. The molecule has 0 aromatic carbocycles. The Balaban J connectivity index is 2.39. The number of hydrogen-bond donors (Lipinski definition) is 1. The molecule has 2 atom stereocenters. The van der Waals surface area contributed by atoms with Crippen molar-refractivity contribution in [3.63, 3.8) is 0 Å². The van der Waals surface area contributed by atoms with Crippen molar-refractivity contribution in [2.75, 3.05) is 7.11 Å². The van der Waals surface area contributed by atoms with Crippen LogP contribution in [-0.4, -0.2) is 24.2 Å². The maximum absolute atomic E-state index is 10.8. The monoisotopic (exact) mass is 184 g/mol. The normalized spacial score (nSPS) is 25.9. The van der Waals surface area contributed by atoms with Crippen molar-refractivity contribution in [3.8, 4) is 0 Å². The molecule has 72 valence electrons. The first-order valence-corrected chi connectivity index (χ1v) is 4.11. The number of allylic oxidation sites excluding steroid dienone is 1. The smallest absolute Gasteiger partial charge is 0.310 e. The summed E-state index contributed by atoms with van der Waals surface area (Å²) < 4.78 is 4.49. The lowest BCUT2D eigenvalue weighted by atomic mass is 10.0. The van der Waals surface area contributed by atoms with Crippen molar-refractivity contribution in [1.29, 1.82) is 0 Å². The van der Waals surface area contributed by atoms with Crippen LogP contribution < -0.4 is 0 Å². The summed E-state index contributed by atoms with van der Waals surface area (Å²) in [5.74, 6) is -1.53. The predicted octanol–water partition coefficient (Wildman–Crippen LogP) is 0.826. The molecule has 0 unspecified atom stereocenters. The Morgan fingerprint density at radius 1 is 1.54 bits per heavy atom. The van der Waals surface area contributed by atoms with Crippen LogP contribution in [0.2, 0.25) is 0 Å². The Bertz CT molecular complexity index is 244. The third-order valence-corrected chi connectivity index (χ3v) is 2.15. The first-order valence-electron chi connectivity index (χ1n) is 4.11. The molecule has 13 heavy (non-hydrogen) atoms. The summed E-state index contributed by atoms with van der Waals surface area (Å²) in [5, 5.41) is 8.65. The Morgan fingerprint density at radius 3 is 2.69 bits per heavy atom. The van der Waals surface area contributed by atoms with Gasteiger partial charge in [-0.25, -0.2) is 0 Å². The average molecular weight is 184 g/mol. The van der Waals surface area contributed by atoms with Gasteiger partial charge in [-0.1, -0.05) is 12.2 Å². The number of hydrogen-bond acceptors (Lipinski definition) is 3. The molecule has 0 saturated heterocycles. The minimum atomic E-state index is -0.830. The van der Waals surface area contributed by atoms with E-state index in [4.69, 9.17) is 5.11 Å². The topological polar surface area (TPSA) is 63.6 Å². The van der Waals surface area contributed by atoms with Gasteiger partial charge in [-0.05, 0) is 12.3 Å². The number of carbonyl (C=O) groups excluding carboxylic acids is 1. The summed E-state index contributed by atoms with van der Waals surface area (Å²) in [6.07, 6.45) is 4.19. The molecule has 1 N–H and O–H groups in total.